The molecule has 0 unspecified atom stereocenters. The molecule has 670 valence electrons. The van der Waals surface area contributed by atoms with E-state index in [4.69, 9.17) is 51.6 Å². The van der Waals surface area contributed by atoms with E-state index in [1.165, 1.54) is 43.4 Å². The van der Waals surface area contributed by atoms with Gasteiger partial charge >= 0.3 is 18.1 Å². The molecule has 4 saturated carbocycles. The topological polar surface area (TPSA) is 480 Å². The minimum Gasteiger partial charge on any atom is -0.508 e. The molecular formula is C90H111Cl2N7O25. The number of nitrogens with one attached hydrogen (secondary N) is 6. The number of carbonyl (C=O) groups is 11. The number of rotatable bonds is 20. The van der Waals surface area contributed by atoms with Crippen molar-refractivity contribution in [2.24, 2.45) is 41.4 Å². The first kappa shape index (κ1) is 93.0. The molecule has 34 heteroatoms. The van der Waals surface area contributed by atoms with Crippen LogP contribution in [0.1, 0.15) is 223 Å². The Hall–Kier alpha value is -10.2. The number of amides is 8. The summed E-state index contributed by atoms with van der Waals surface area (Å²) >= 11 is 14.5. The quantitative estimate of drug-likeness (QED) is 0.0254. The number of hydrogen-bond donors (Lipinski definition) is 14. The van der Waals surface area contributed by atoms with Crippen LogP contribution in [0, 0.1) is 41.4 Å². The van der Waals surface area contributed by atoms with Crippen molar-refractivity contribution in [1.82, 2.24) is 36.8 Å². The van der Waals surface area contributed by atoms with Crippen molar-refractivity contribution in [3.8, 4) is 57.1 Å². The second kappa shape index (κ2) is 38.7. The number of carbonyl (C=O) groups excluding carboxylic acids is 11. The minimum absolute atomic E-state index is 0.0556. The number of likely N-dealkylation sites (N-methyl/N-ethyl adjacent to an activating group) is 1. The molecular weight excluding hydrogens is 1650 g/mol. The van der Waals surface area contributed by atoms with Gasteiger partial charge in [0.25, 0.3) is 0 Å². The number of unbranched alkanes of at least 4 members (excludes halogenated alkanes) is 3. The Morgan fingerprint density at radius 1 is 0.637 bits per heavy atom. The number of hydrogen-bond acceptors (Lipinski definition) is 25. The molecule has 1 saturated heterocycles. The van der Waals surface area contributed by atoms with E-state index in [0.29, 0.717) is 24.7 Å². The fourth-order valence-corrected chi connectivity index (χ4v) is 18.7. The first-order valence-electron chi connectivity index (χ1n) is 42.3. The van der Waals surface area contributed by atoms with Crippen molar-refractivity contribution in [3.05, 3.63) is 117 Å². The van der Waals surface area contributed by atoms with Gasteiger partial charge in [0, 0.05) is 62.9 Å². The Morgan fingerprint density at radius 2 is 1.26 bits per heavy atom. The largest absolute Gasteiger partial charge is 0.508 e. The van der Waals surface area contributed by atoms with Gasteiger partial charge in [-0.1, -0.05) is 81.4 Å². The number of ketones is 3. The van der Waals surface area contributed by atoms with Crippen LogP contribution in [0.4, 0.5) is 9.59 Å². The van der Waals surface area contributed by atoms with E-state index >= 15 is 33.6 Å². The maximum absolute atomic E-state index is 16.7. The van der Waals surface area contributed by atoms with Gasteiger partial charge in [0.05, 0.1) is 28.0 Å². The number of esters is 1. The van der Waals surface area contributed by atoms with Crippen molar-refractivity contribution in [2.45, 2.75) is 255 Å². The van der Waals surface area contributed by atoms with E-state index in [1.807, 2.05) is 6.92 Å². The zero-order valence-electron chi connectivity index (χ0n) is 70.8. The summed E-state index contributed by atoms with van der Waals surface area (Å²) in [5, 5.41) is 111. The summed E-state index contributed by atoms with van der Waals surface area (Å²) in [5.41, 5.74) is -3.84. The molecule has 0 radical (unpaired) electrons. The second-order valence-corrected chi connectivity index (χ2v) is 37.1. The van der Waals surface area contributed by atoms with E-state index in [9.17, 15) is 60.0 Å². The molecule has 10 aliphatic rings. The van der Waals surface area contributed by atoms with Gasteiger partial charge in [-0.3, -0.25) is 53.4 Å². The number of aromatic hydroxyl groups is 3. The minimum atomic E-state index is -2.27. The lowest BCUT2D eigenvalue weighted by Gasteiger charge is -2.54. The third kappa shape index (κ3) is 21.8. The fourth-order valence-electron chi connectivity index (χ4n) is 18.2. The van der Waals surface area contributed by atoms with Crippen molar-refractivity contribution in [1.29, 1.82) is 0 Å². The van der Waals surface area contributed by atoms with E-state index in [2.05, 4.69) is 31.9 Å². The molecule has 6 heterocycles. The molecule has 0 spiro atoms. The van der Waals surface area contributed by atoms with E-state index < -0.39 is 232 Å². The fraction of sp³-hybridized carbons (Fsp3) is 0.544. The Bertz CT molecular complexity index is 4880. The van der Waals surface area contributed by atoms with Gasteiger partial charge in [-0.25, -0.2) is 9.59 Å². The molecule has 15 rings (SSSR count). The number of Topliss-reactive ketones (excluding diaryl/α,β-unsaturated/α-hetero) is 3. The molecule has 32 nitrogen and oxygen atoms in total. The Kier molecular flexibility index (Phi) is 29.0. The molecule has 5 aromatic carbocycles. The highest BCUT2D eigenvalue weighted by atomic mass is 35.5. The lowest BCUT2D eigenvalue weighted by Crippen LogP contribution is -2.59. The number of urea groups is 1. The van der Waals surface area contributed by atoms with Crippen molar-refractivity contribution in [3.63, 3.8) is 0 Å². The van der Waals surface area contributed by atoms with Crippen molar-refractivity contribution >= 4 is 88.2 Å². The Morgan fingerprint density at radius 3 is 1.86 bits per heavy atom. The highest BCUT2D eigenvalue weighted by molar-refractivity contribution is 6.32. The Balaban J connectivity index is 1.06. The van der Waals surface area contributed by atoms with E-state index in [-0.39, 0.29) is 99.4 Å². The maximum atomic E-state index is 16.7. The molecule has 5 fully saturated rings. The average Bonchev–Trinajstić information content (AvgIpc) is 0.746. The summed E-state index contributed by atoms with van der Waals surface area (Å²) in [4.78, 5) is 167. The average molecular weight is 1760 g/mol. The van der Waals surface area contributed by atoms with Gasteiger partial charge in [0.1, 0.15) is 101 Å². The van der Waals surface area contributed by atoms with Crippen LogP contribution in [0.5, 0.6) is 46.0 Å². The first-order valence-corrected chi connectivity index (χ1v) is 43.0. The van der Waals surface area contributed by atoms with E-state index in [0.717, 1.165) is 92.3 Å². The number of benzene rings is 5. The number of nitrogens with zero attached hydrogens (tertiary/aromatic N) is 1. The number of phenolic OH excluding ortho intramolecular Hbond substituents is 3. The molecule has 4 aliphatic carbocycles. The van der Waals surface area contributed by atoms with Gasteiger partial charge in [-0.2, -0.15) is 0 Å². The number of imide groups is 1. The lowest BCUT2D eigenvalue weighted by molar-refractivity contribution is -0.273. The number of aliphatic hydroxyl groups is 5. The van der Waals surface area contributed by atoms with E-state index in [1.54, 1.807) is 55.4 Å². The normalized spacial score (nSPS) is 27.1. The van der Waals surface area contributed by atoms with Crippen molar-refractivity contribution in [2.75, 3.05) is 13.6 Å². The van der Waals surface area contributed by atoms with Crippen LogP contribution in [0.15, 0.2) is 78.9 Å². The molecule has 124 heavy (non-hydrogen) atoms. The smallest absolute Gasteiger partial charge is 0.410 e. The molecule has 8 amide bonds. The summed E-state index contributed by atoms with van der Waals surface area (Å²) in [6, 6.07) is 4.13. The van der Waals surface area contributed by atoms with Gasteiger partial charge in [0.2, 0.25) is 41.6 Å². The second-order valence-electron chi connectivity index (χ2n) is 36.3. The van der Waals surface area contributed by atoms with Crippen LogP contribution < -0.4 is 46.1 Å². The standard InChI is InChI=1S/C90H111Cl2N7O25/c1-11-12-13-14-23-93-87(117)94-69(106)36-50-33-61(103)74(97-84(115)58(24-41(2)3)99(10)88(118)124-90(7,8)9)76(108)45-16-19-64(56(91)31-45)119-67-34-49-35-68(81(67)122-86-80(112)79(111)78(110)66(121-86)21-22-70(107)123-89(4,5)6)120-65-20-17-46(32-57(65)92)77(109)75-85(116)96-73(63(105)39-52-47-26-42-25-43(28-47)29-48(52)27-42)55-37-51(100)38-60(102)71(55)54-30-44(15-18-59(54)101)53(83(114)98-75)40-62(104)72(49)95-82(50)113/h15-20,30-32,34-35,37-38,41-43,47-48,50,52-53,58,66,72-80,86,100-102,108-112H,11-14,21-29,33,36,39-40H2,1-10H3,(H,95,113)(H,96,116)(H,97,115)(H,98,114)(H2,93,94,106,117)/t42?,43?,47?,48?,50-,52?,53+,58+,66+,72+,73-,74-,75-,76+,77+,78+,79-,80+,86-/m0/s1. The number of phenols is 3. The third-order valence-corrected chi connectivity index (χ3v) is 24.7. The van der Waals surface area contributed by atoms with Gasteiger partial charge in [0.15, 0.2) is 28.8 Å². The van der Waals surface area contributed by atoms with Crippen LogP contribution in [0.3, 0.4) is 0 Å². The highest BCUT2D eigenvalue weighted by Crippen LogP contribution is 2.58. The highest BCUT2D eigenvalue weighted by Gasteiger charge is 2.52. The number of aliphatic hydroxyl groups excluding tert-OH is 5. The molecule has 14 N–H and O–H groups in total. The number of fused-ring (bicyclic) bond motifs is 15. The van der Waals surface area contributed by atoms with Gasteiger partial charge in [-0.15, -0.1) is 0 Å². The van der Waals surface area contributed by atoms with Crippen LogP contribution in [0.2, 0.25) is 10.0 Å². The molecule has 5 aromatic rings. The monoisotopic (exact) mass is 1760 g/mol. The van der Waals surface area contributed by atoms with Gasteiger partial charge < -0.3 is 95.9 Å². The maximum Gasteiger partial charge on any atom is 0.410 e. The predicted octanol–water partition coefficient (Wildman–Crippen LogP) is 10.5. The number of ether oxygens (including phenoxy) is 6. The van der Waals surface area contributed by atoms with Crippen LogP contribution in [-0.2, 0) is 57.4 Å². The summed E-state index contributed by atoms with van der Waals surface area (Å²) in [6.07, 6.45) is -11.7. The summed E-state index contributed by atoms with van der Waals surface area (Å²) in [7, 11) is 1.29. The SMILES string of the molecule is CCCCCCNC(=O)NC(=O)C[C@@H]1CC(=O)[C@H](NC(=O)[C@@H](CC(C)C)N(C)C(=O)OC(C)(C)C)[C@H](O)c2ccc(c(Cl)c2)Oc2cc3cc(c2O[C@@H]2O[C@H](CCC(=O)OC(C)(C)C)[C@@H](O)[C@H](O)[C@H]2O)Oc2ccc(cc2Cl)[C@@H](O)[C@@H]2NC(=O)[C@H](CC(=O)[C@@H]3NC1=O)c1ccc(O)c(c1)-c1c(O)cc(O)cc1[C@@H](C(=O)CC1C3CC4CC(C3)CC1C4)NC2=O. The van der Waals surface area contributed by atoms with Crippen LogP contribution in [-0.4, -0.2) is 184 Å². The predicted molar refractivity (Wildman–Crippen MR) is 447 cm³/mol. The zero-order chi connectivity index (χ0) is 90.0. The Labute approximate surface area is 727 Å². The van der Waals surface area contributed by atoms with Crippen LogP contribution >= 0.6 is 23.2 Å². The summed E-state index contributed by atoms with van der Waals surface area (Å²) in [5.74, 6) is -17.2. The van der Waals surface area contributed by atoms with Crippen LogP contribution in [0.25, 0.3) is 11.1 Å². The zero-order valence-corrected chi connectivity index (χ0v) is 72.3. The van der Waals surface area contributed by atoms with Crippen molar-refractivity contribution < 1.29 is 122 Å². The number of halogens is 2. The molecule has 6 aliphatic heterocycles. The summed E-state index contributed by atoms with van der Waals surface area (Å²) in [6.45, 7) is 15.3. The molecule has 0 aromatic heterocycles. The summed E-state index contributed by atoms with van der Waals surface area (Å²) < 4.78 is 37.4. The van der Waals surface area contributed by atoms with Gasteiger partial charge in [-0.05, 0) is 211 Å². The molecule has 15 bridgehead atoms. The third-order valence-electron chi connectivity index (χ3n) is 24.1. The first-order chi connectivity index (χ1) is 58.5. The molecule has 14 atom stereocenters. The lowest BCUT2D eigenvalue weighted by atomic mass is 9.51.